The van der Waals surface area contributed by atoms with Crippen LogP contribution in [0.1, 0.15) is 43.3 Å². The number of hydrogen-bond donors (Lipinski definition) is 1. The molecule has 3 rings (SSSR count). The number of hydrogen-bond acceptors (Lipinski definition) is 4. The molecule has 0 bridgehead atoms. The molecular formula is C14H23N3S. The van der Waals surface area contributed by atoms with Crippen molar-refractivity contribution in [3.8, 4) is 0 Å². The first-order valence-corrected chi connectivity index (χ1v) is 8.03. The van der Waals surface area contributed by atoms with Crippen molar-refractivity contribution >= 4 is 11.3 Å². The van der Waals surface area contributed by atoms with Crippen LogP contribution < -0.4 is 5.32 Å². The van der Waals surface area contributed by atoms with Crippen LogP contribution in [0.15, 0.2) is 5.38 Å². The van der Waals surface area contributed by atoms with Crippen LogP contribution >= 0.6 is 11.3 Å². The molecule has 2 fully saturated rings. The Morgan fingerprint density at radius 1 is 1.56 bits per heavy atom. The van der Waals surface area contributed by atoms with E-state index < -0.39 is 0 Å². The first-order chi connectivity index (χ1) is 8.73. The van der Waals surface area contributed by atoms with Gasteiger partial charge < -0.3 is 10.2 Å². The summed E-state index contributed by atoms with van der Waals surface area (Å²) in [6.07, 6.45) is 5.21. The lowest BCUT2D eigenvalue weighted by molar-refractivity contribution is 0.106. The van der Waals surface area contributed by atoms with E-state index in [1.54, 1.807) is 0 Å². The number of nitrogens with zero attached hydrogens (tertiary/aromatic N) is 2. The highest BCUT2D eigenvalue weighted by Gasteiger charge is 2.43. The number of piperidine rings is 1. The Hall–Kier alpha value is -0.450. The second-order valence-corrected chi connectivity index (χ2v) is 6.55. The van der Waals surface area contributed by atoms with Crippen LogP contribution in [0.4, 0.5) is 0 Å². The molecule has 1 aromatic heterocycles. The summed E-state index contributed by atoms with van der Waals surface area (Å²) in [5.41, 5.74) is 1.32. The summed E-state index contributed by atoms with van der Waals surface area (Å²) < 4.78 is 0. The Kier molecular flexibility index (Phi) is 3.43. The van der Waals surface area contributed by atoms with Crippen molar-refractivity contribution in [1.82, 2.24) is 15.2 Å². The van der Waals surface area contributed by atoms with Crippen molar-refractivity contribution in [3.63, 3.8) is 0 Å². The van der Waals surface area contributed by atoms with Gasteiger partial charge in [-0.05, 0) is 45.7 Å². The zero-order valence-electron chi connectivity index (χ0n) is 11.4. The summed E-state index contributed by atoms with van der Waals surface area (Å²) in [4.78, 5) is 7.45. The minimum Gasteiger partial charge on any atom is -0.306 e. The molecule has 1 N–H and O–H groups in total. The number of nitrogens with one attached hydrogen (secondary N) is 1. The second kappa shape index (κ2) is 4.91. The van der Waals surface area contributed by atoms with Gasteiger partial charge in [0.05, 0.1) is 5.54 Å². The van der Waals surface area contributed by atoms with E-state index in [0.29, 0.717) is 0 Å². The van der Waals surface area contributed by atoms with Crippen LogP contribution in [0, 0.1) is 6.92 Å². The summed E-state index contributed by atoms with van der Waals surface area (Å²) in [5.74, 6) is 0. The zero-order chi connectivity index (χ0) is 12.6. The van der Waals surface area contributed by atoms with Crippen molar-refractivity contribution in [2.45, 2.75) is 51.1 Å². The van der Waals surface area contributed by atoms with E-state index >= 15 is 0 Å². The Morgan fingerprint density at radius 3 is 3.17 bits per heavy atom. The topological polar surface area (TPSA) is 28.2 Å². The van der Waals surface area contributed by atoms with Gasteiger partial charge in [-0.1, -0.05) is 6.92 Å². The summed E-state index contributed by atoms with van der Waals surface area (Å²) in [5, 5.41) is 7.26. The van der Waals surface area contributed by atoms with Crippen LogP contribution in [0.3, 0.4) is 0 Å². The number of aromatic nitrogens is 1. The Labute approximate surface area is 114 Å². The van der Waals surface area contributed by atoms with E-state index in [9.17, 15) is 0 Å². The van der Waals surface area contributed by atoms with Gasteiger partial charge in [-0.15, -0.1) is 11.3 Å². The number of thiazole rings is 1. The van der Waals surface area contributed by atoms with Gasteiger partial charge in [0.15, 0.2) is 0 Å². The minimum atomic E-state index is 0.152. The number of rotatable bonds is 3. The molecule has 2 aliphatic heterocycles. The molecule has 4 heteroatoms. The highest BCUT2D eigenvalue weighted by Crippen LogP contribution is 2.40. The third kappa shape index (κ3) is 2.10. The van der Waals surface area contributed by atoms with Gasteiger partial charge in [0.1, 0.15) is 5.01 Å². The van der Waals surface area contributed by atoms with Gasteiger partial charge in [-0.3, -0.25) is 0 Å². The average molecular weight is 265 g/mol. The molecule has 2 unspecified atom stereocenters. The van der Waals surface area contributed by atoms with Crippen molar-refractivity contribution in [1.29, 1.82) is 0 Å². The quantitative estimate of drug-likeness (QED) is 0.910. The second-order valence-electron chi connectivity index (χ2n) is 5.69. The van der Waals surface area contributed by atoms with Gasteiger partial charge in [-0.25, -0.2) is 4.98 Å². The zero-order valence-corrected chi connectivity index (χ0v) is 12.2. The van der Waals surface area contributed by atoms with Crippen LogP contribution in [-0.2, 0) is 5.54 Å². The highest BCUT2D eigenvalue weighted by molar-refractivity contribution is 7.09. The fourth-order valence-corrected chi connectivity index (χ4v) is 4.62. The van der Waals surface area contributed by atoms with Gasteiger partial charge in [0, 0.05) is 23.7 Å². The van der Waals surface area contributed by atoms with Crippen LogP contribution in [0.2, 0.25) is 0 Å². The lowest BCUT2D eigenvalue weighted by Crippen LogP contribution is -2.53. The van der Waals surface area contributed by atoms with E-state index in [0.717, 1.165) is 12.6 Å². The molecule has 3 heterocycles. The normalized spacial score (nSPS) is 32.7. The predicted octanol–water partition coefficient (Wildman–Crippen LogP) is 2.51. The van der Waals surface area contributed by atoms with E-state index in [2.05, 4.69) is 29.4 Å². The van der Waals surface area contributed by atoms with Gasteiger partial charge in [-0.2, -0.15) is 0 Å². The van der Waals surface area contributed by atoms with E-state index in [1.807, 2.05) is 11.3 Å². The van der Waals surface area contributed by atoms with Gasteiger partial charge in [0.2, 0.25) is 0 Å². The maximum Gasteiger partial charge on any atom is 0.113 e. The molecule has 0 radical (unpaired) electrons. The fraction of sp³-hybridized carbons (Fsp3) is 0.786. The van der Waals surface area contributed by atoms with Crippen molar-refractivity contribution in [2.75, 3.05) is 19.6 Å². The Bertz CT molecular complexity index is 417. The third-order valence-corrected chi connectivity index (χ3v) is 5.62. The minimum absolute atomic E-state index is 0.152. The molecule has 2 atom stereocenters. The summed E-state index contributed by atoms with van der Waals surface area (Å²) in [6, 6.07) is 0.780. The molecule has 0 saturated carbocycles. The summed E-state index contributed by atoms with van der Waals surface area (Å²) >= 11 is 1.84. The maximum absolute atomic E-state index is 4.78. The van der Waals surface area contributed by atoms with Crippen molar-refractivity contribution in [2.24, 2.45) is 0 Å². The molecule has 2 saturated heterocycles. The Morgan fingerprint density at radius 2 is 2.44 bits per heavy atom. The molecule has 0 amide bonds. The summed E-state index contributed by atoms with van der Waals surface area (Å²) in [7, 11) is 0. The van der Waals surface area contributed by atoms with E-state index in [-0.39, 0.29) is 5.54 Å². The number of fused-ring (bicyclic) bond motifs is 1. The van der Waals surface area contributed by atoms with E-state index in [1.165, 1.54) is 49.5 Å². The SMILES string of the molecule is CCNC1(c2nc(C)cs2)CCN2CCCC2C1. The van der Waals surface area contributed by atoms with Crippen LogP contribution in [0.25, 0.3) is 0 Å². The molecule has 2 aliphatic rings. The molecule has 0 aromatic carbocycles. The largest absolute Gasteiger partial charge is 0.306 e. The van der Waals surface area contributed by atoms with Crippen LogP contribution in [-0.4, -0.2) is 35.6 Å². The average Bonchev–Trinajstić information content (AvgIpc) is 2.97. The molecule has 3 nitrogen and oxygen atoms in total. The molecule has 18 heavy (non-hydrogen) atoms. The molecule has 0 aliphatic carbocycles. The third-order valence-electron chi connectivity index (χ3n) is 4.45. The lowest BCUT2D eigenvalue weighted by atomic mass is 9.83. The van der Waals surface area contributed by atoms with Crippen molar-refractivity contribution in [3.05, 3.63) is 16.1 Å². The first kappa shape index (κ1) is 12.6. The Balaban J connectivity index is 1.87. The molecule has 100 valence electrons. The van der Waals surface area contributed by atoms with Gasteiger partial charge in [0.25, 0.3) is 0 Å². The molecule has 0 spiro atoms. The number of aryl methyl sites for hydroxylation is 1. The molecular weight excluding hydrogens is 242 g/mol. The predicted molar refractivity (Wildman–Crippen MR) is 76.0 cm³/mol. The lowest BCUT2D eigenvalue weighted by Gasteiger charge is -2.43. The van der Waals surface area contributed by atoms with Crippen molar-refractivity contribution < 1.29 is 0 Å². The molecule has 1 aromatic rings. The first-order valence-electron chi connectivity index (χ1n) is 7.15. The van der Waals surface area contributed by atoms with E-state index in [4.69, 9.17) is 4.98 Å². The highest BCUT2D eigenvalue weighted by atomic mass is 32.1. The maximum atomic E-state index is 4.78. The summed E-state index contributed by atoms with van der Waals surface area (Å²) in [6.45, 7) is 7.89. The van der Waals surface area contributed by atoms with Crippen LogP contribution in [0.5, 0.6) is 0 Å². The fourth-order valence-electron chi connectivity index (χ4n) is 3.60. The smallest absolute Gasteiger partial charge is 0.113 e. The monoisotopic (exact) mass is 265 g/mol. The van der Waals surface area contributed by atoms with Gasteiger partial charge >= 0.3 is 0 Å². The standard InChI is InChI=1S/C14H23N3S/c1-3-15-14(13-16-11(2)10-18-13)6-8-17-7-4-5-12(17)9-14/h10,12,15H,3-9H2,1-2H3.